The third-order valence-corrected chi connectivity index (χ3v) is 4.73. The molecule has 1 fully saturated rings. The van der Waals surface area contributed by atoms with E-state index >= 15 is 0 Å². The Morgan fingerprint density at radius 2 is 1.73 bits per heavy atom. The largest absolute Gasteiger partial charge is 0.337 e. The first-order chi connectivity index (χ1) is 12.6. The van der Waals surface area contributed by atoms with Crippen LogP contribution in [0.1, 0.15) is 52.1 Å². The lowest BCUT2D eigenvalue weighted by molar-refractivity contribution is 0.0755. The number of aromatic nitrogens is 1. The molecule has 0 spiro atoms. The summed E-state index contributed by atoms with van der Waals surface area (Å²) in [7, 11) is 1.77. The van der Waals surface area contributed by atoms with Crippen LogP contribution in [0.15, 0.2) is 48.7 Å². The van der Waals surface area contributed by atoms with Crippen molar-refractivity contribution in [3.63, 3.8) is 0 Å². The highest BCUT2D eigenvalue weighted by Crippen LogP contribution is 2.14. The number of carbonyl (C=O) groups excluding carboxylic acids is 2. The van der Waals surface area contributed by atoms with Crippen LogP contribution in [0.5, 0.6) is 0 Å². The van der Waals surface area contributed by atoms with Gasteiger partial charge in [0.25, 0.3) is 11.8 Å². The molecule has 5 heteroatoms. The van der Waals surface area contributed by atoms with Crippen molar-refractivity contribution < 1.29 is 9.59 Å². The lowest BCUT2D eigenvalue weighted by Gasteiger charge is -2.20. The van der Waals surface area contributed by atoms with Crippen molar-refractivity contribution in [3.8, 4) is 0 Å². The summed E-state index contributed by atoms with van der Waals surface area (Å²) in [4.78, 5) is 33.2. The second kappa shape index (κ2) is 8.61. The second-order valence-electron chi connectivity index (χ2n) is 6.78. The molecule has 0 radical (unpaired) electrons. The minimum absolute atomic E-state index is 0.0766. The number of amides is 2. The van der Waals surface area contributed by atoms with E-state index in [9.17, 15) is 9.59 Å². The van der Waals surface area contributed by atoms with Gasteiger partial charge in [0.1, 0.15) is 5.69 Å². The van der Waals surface area contributed by atoms with Gasteiger partial charge in [0.2, 0.25) is 0 Å². The predicted octanol–water partition coefficient (Wildman–Crippen LogP) is 3.37. The first-order valence-corrected chi connectivity index (χ1v) is 9.20. The van der Waals surface area contributed by atoms with Crippen molar-refractivity contribution in [2.45, 2.75) is 32.2 Å². The number of likely N-dealkylation sites (tertiary alicyclic amines) is 1. The van der Waals surface area contributed by atoms with Gasteiger partial charge in [0, 0.05) is 38.4 Å². The van der Waals surface area contributed by atoms with Crippen LogP contribution in [0.2, 0.25) is 0 Å². The SMILES string of the molecule is CN(Cc1ccccc1)C(=O)c1ccnc(C(=O)N2CCCCCC2)c1. The van der Waals surface area contributed by atoms with Gasteiger partial charge in [-0.2, -0.15) is 0 Å². The van der Waals surface area contributed by atoms with Crippen molar-refractivity contribution >= 4 is 11.8 Å². The van der Waals surface area contributed by atoms with Crippen LogP contribution in [0.25, 0.3) is 0 Å². The van der Waals surface area contributed by atoms with Gasteiger partial charge in [-0.25, -0.2) is 0 Å². The standard InChI is InChI=1S/C21H25N3O2/c1-23(16-17-9-5-4-6-10-17)20(25)18-11-12-22-19(15-18)21(26)24-13-7-2-3-8-14-24/h4-6,9-12,15H,2-3,7-8,13-14,16H2,1H3. The molecular weight excluding hydrogens is 326 g/mol. The maximum Gasteiger partial charge on any atom is 0.272 e. The summed E-state index contributed by atoms with van der Waals surface area (Å²) in [6.07, 6.45) is 5.95. The summed E-state index contributed by atoms with van der Waals surface area (Å²) in [5.74, 6) is -0.187. The number of pyridine rings is 1. The smallest absolute Gasteiger partial charge is 0.272 e. The quantitative estimate of drug-likeness (QED) is 0.849. The Morgan fingerprint density at radius 3 is 2.42 bits per heavy atom. The highest BCUT2D eigenvalue weighted by atomic mass is 16.2. The van der Waals surface area contributed by atoms with E-state index in [1.807, 2.05) is 35.2 Å². The molecule has 2 amide bonds. The van der Waals surface area contributed by atoms with E-state index < -0.39 is 0 Å². The van der Waals surface area contributed by atoms with Gasteiger partial charge < -0.3 is 9.80 Å². The van der Waals surface area contributed by atoms with Gasteiger partial charge >= 0.3 is 0 Å². The Labute approximate surface area is 154 Å². The van der Waals surface area contributed by atoms with Crippen LogP contribution in [0.3, 0.4) is 0 Å². The summed E-state index contributed by atoms with van der Waals surface area (Å²) < 4.78 is 0. The number of carbonyl (C=O) groups is 2. The van der Waals surface area contributed by atoms with E-state index in [2.05, 4.69) is 4.98 Å². The fraction of sp³-hybridized carbons (Fsp3) is 0.381. The summed E-state index contributed by atoms with van der Waals surface area (Å²) in [5, 5.41) is 0. The molecular formula is C21H25N3O2. The van der Waals surface area contributed by atoms with E-state index in [0.29, 0.717) is 17.8 Å². The molecule has 3 rings (SSSR count). The number of benzene rings is 1. The fourth-order valence-electron chi connectivity index (χ4n) is 3.27. The number of hydrogen-bond acceptors (Lipinski definition) is 3. The van der Waals surface area contributed by atoms with Crippen LogP contribution in [-0.2, 0) is 6.54 Å². The molecule has 0 saturated carbocycles. The van der Waals surface area contributed by atoms with Crippen molar-refractivity contribution in [2.75, 3.05) is 20.1 Å². The summed E-state index contributed by atoms with van der Waals surface area (Å²) in [5.41, 5.74) is 1.92. The lowest BCUT2D eigenvalue weighted by Crippen LogP contribution is -2.33. The molecule has 26 heavy (non-hydrogen) atoms. The first-order valence-electron chi connectivity index (χ1n) is 9.20. The third-order valence-electron chi connectivity index (χ3n) is 4.73. The second-order valence-corrected chi connectivity index (χ2v) is 6.78. The minimum atomic E-state index is -0.110. The molecule has 1 saturated heterocycles. The number of rotatable bonds is 4. The summed E-state index contributed by atoms with van der Waals surface area (Å²) >= 11 is 0. The van der Waals surface area contributed by atoms with Crippen molar-refractivity contribution in [3.05, 3.63) is 65.5 Å². The minimum Gasteiger partial charge on any atom is -0.337 e. The Bertz CT molecular complexity index is 753. The molecule has 1 aliphatic rings. The maximum atomic E-state index is 12.7. The highest BCUT2D eigenvalue weighted by molar-refractivity contribution is 5.98. The van der Waals surface area contributed by atoms with E-state index in [-0.39, 0.29) is 11.8 Å². The Hall–Kier alpha value is -2.69. The third kappa shape index (κ3) is 4.48. The maximum absolute atomic E-state index is 12.7. The van der Waals surface area contributed by atoms with E-state index in [1.54, 1.807) is 30.3 Å². The molecule has 2 heterocycles. The lowest BCUT2D eigenvalue weighted by atomic mass is 10.1. The van der Waals surface area contributed by atoms with Crippen LogP contribution in [0, 0.1) is 0 Å². The van der Waals surface area contributed by atoms with Crippen molar-refractivity contribution in [1.82, 2.24) is 14.8 Å². The zero-order valence-corrected chi connectivity index (χ0v) is 15.2. The molecule has 136 valence electrons. The van der Waals surface area contributed by atoms with Crippen LogP contribution < -0.4 is 0 Å². The Kier molecular flexibility index (Phi) is 6.00. The zero-order valence-electron chi connectivity index (χ0n) is 15.2. The molecule has 1 aliphatic heterocycles. The van der Waals surface area contributed by atoms with Gasteiger partial charge in [-0.3, -0.25) is 14.6 Å². The topological polar surface area (TPSA) is 53.5 Å². The molecule has 0 atom stereocenters. The average Bonchev–Trinajstić information content (AvgIpc) is 2.97. The van der Waals surface area contributed by atoms with E-state index in [0.717, 1.165) is 31.5 Å². The molecule has 5 nitrogen and oxygen atoms in total. The van der Waals surface area contributed by atoms with E-state index in [4.69, 9.17) is 0 Å². The summed E-state index contributed by atoms with van der Waals surface area (Å²) in [6, 6.07) is 13.1. The van der Waals surface area contributed by atoms with Crippen molar-refractivity contribution in [1.29, 1.82) is 0 Å². The molecule has 1 aromatic heterocycles. The molecule has 0 unspecified atom stereocenters. The van der Waals surface area contributed by atoms with Gasteiger partial charge in [-0.1, -0.05) is 43.2 Å². The summed E-state index contributed by atoms with van der Waals surface area (Å²) in [6.45, 7) is 2.07. The van der Waals surface area contributed by atoms with Crippen LogP contribution >= 0.6 is 0 Å². The Balaban J connectivity index is 1.71. The molecule has 1 aromatic carbocycles. The normalized spacial score (nSPS) is 14.6. The molecule has 0 N–H and O–H groups in total. The van der Waals surface area contributed by atoms with Gasteiger partial charge in [-0.15, -0.1) is 0 Å². The Morgan fingerprint density at radius 1 is 1.04 bits per heavy atom. The fourth-order valence-corrected chi connectivity index (χ4v) is 3.27. The predicted molar refractivity (Wildman–Crippen MR) is 101 cm³/mol. The van der Waals surface area contributed by atoms with Gasteiger partial charge in [0.15, 0.2) is 0 Å². The number of nitrogens with zero attached hydrogens (tertiary/aromatic N) is 3. The first kappa shape index (κ1) is 18.1. The van der Waals surface area contributed by atoms with Crippen LogP contribution in [-0.4, -0.2) is 46.7 Å². The molecule has 2 aromatic rings. The monoisotopic (exact) mass is 351 g/mol. The highest BCUT2D eigenvalue weighted by Gasteiger charge is 2.20. The average molecular weight is 351 g/mol. The van der Waals surface area contributed by atoms with Gasteiger partial charge in [-0.05, 0) is 30.5 Å². The van der Waals surface area contributed by atoms with Crippen LogP contribution in [0.4, 0.5) is 0 Å². The van der Waals surface area contributed by atoms with Gasteiger partial charge in [0.05, 0.1) is 0 Å². The molecule has 0 bridgehead atoms. The zero-order chi connectivity index (χ0) is 18.4. The molecule has 0 aliphatic carbocycles. The number of hydrogen-bond donors (Lipinski definition) is 0. The van der Waals surface area contributed by atoms with Crippen molar-refractivity contribution in [2.24, 2.45) is 0 Å². The van der Waals surface area contributed by atoms with E-state index in [1.165, 1.54) is 12.8 Å².